The lowest BCUT2D eigenvalue weighted by Gasteiger charge is -2.28. The van der Waals surface area contributed by atoms with Crippen LogP contribution in [0, 0.1) is 5.92 Å². The zero-order chi connectivity index (χ0) is 10.9. The Morgan fingerprint density at radius 3 is 2.14 bits per heavy atom. The van der Waals surface area contributed by atoms with Gasteiger partial charge in [-0.1, -0.05) is 6.92 Å². The van der Waals surface area contributed by atoms with Crippen molar-refractivity contribution in [3.63, 3.8) is 0 Å². The Hall–Kier alpha value is -0.0800. The van der Waals surface area contributed by atoms with Gasteiger partial charge in [-0.3, -0.25) is 4.90 Å². The normalized spacial score (nSPS) is 30.2. The highest BCUT2D eigenvalue weighted by Crippen LogP contribution is 2.20. The van der Waals surface area contributed by atoms with E-state index in [1.807, 2.05) is 0 Å². The molecule has 0 aromatic rings. The Morgan fingerprint density at radius 1 is 1.21 bits per heavy atom. The van der Waals surface area contributed by atoms with Crippen LogP contribution in [0.2, 0.25) is 0 Å². The summed E-state index contributed by atoms with van der Waals surface area (Å²) in [5, 5.41) is 3.71. The minimum atomic E-state index is 0.242. The molecule has 0 aliphatic carbocycles. The first-order valence-electron chi connectivity index (χ1n) is 5.81. The van der Waals surface area contributed by atoms with Crippen LogP contribution in [-0.2, 0) is 0 Å². The first kappa shape index (κ1) is 12.0. The summed E-state index contributed by atoms with van der Waals surface area (Å²) in [6.07, 6.45) is 0. The van der Waals surface area contributed by atoms with Crippen LogP contribution in [-0.4, -0.2) is 35.6 Å². The predicted molar refractivity (Wildman–Crippen MR) is 62.5 cm³/mol. The maximum absolute atomic E-state index is 3.71. The Labute approximate surface area is 89.1 Å². The lowest BCUT2D eigenvalue weighted by atomic mass is 10.0. The summed E-state index contributed by atoms with van der Waals surface area (Å²) in [6.45, 7) is 16.1. The third-order valence-corrected chi connectivity index (χ3v) is 2.99. The van der Waals surface area contributed by atoms with E-state index in [2.05, 4.69) is 51.8 Å². The Bertz CT molecular complexity index is 181. The van der Waals surface area contributed by atoms with Crippen molar-refractivity contribution < 1.29 is 0 Å². The second-order valence-electron chi connectivity index (χ2n) is 6.03. The predicted octanol–water partition coefficient (Wildman–Crippen LogP) is 2.10. The van der Waals surface area contributed by atoms with Gasteiger partial charge < -0.3 is 5.32 Å². The fourth-order valence-corrected chi connectivity index (χ4v) is 2.17. The first-order chi connectivity index (χ1) is 6.29. The van der Waals surface area contributed by atoms with E-state index in [9.17, 15) is 0 Å². The van der Waals surface area contributed by atoms with Crippen LogP contribution < -0.4 is 5.32 Å². The van der Waals surface area contributed by atoms with Gasteiger partial charge in [0.2, 0.25) is 0 Å². The summed E-state index contributed by atoms with van der Waals surface area (Å²) >= 11 is 0. The zero-order valence-corrected chi connectivity index (χ0v) is 10.6. The number of rotatable bonds is 2. The molecule has 0 aromatic carbocycles. The lowest BCUT2D eigenvalue weighted by Crippen LogP contribution is -2.47. The van der Waals surface area contributed by atoms with Gasteiger partial charge in [0.25, 0.3) is 0 Å². The van der Waals surface area contributed by atoms with Gasteiger partial charge in [0.1, 0.15) is 0 Å². The van der Waals surface area contributed by atoms with Crippen LogP contribution in [0.25, 0.3) is 0 Å². The molecule has 0 aromatic heterocycles. The number of hydrogen-bond donors (Lipinski definition) is 1. The molecule has 0 unspecified atom stereocenters. The second-order valence-corrected chi connectivity index (χ2v) is 6.03. The summed E-state index contributed by atoms with van der Waals surface area (Å²) in [4.78, 5) is 2.56. The van der Waals surface area contributed by atoms with Gasteiger partial charge in [-0.05, 0) is 40.5 Å². The lowest BCUT2D eigenvalue weighted by molar-refractivity contribution is 0.258. The highest BCUT2D eigenvalue weighted by atomic mass is 15.2. The molecule has 2 atom stereocenters. The molecule has 1 heterocycles. The van der Waals surface area contributed by atoms with Crippen LogP contribution in [0.5, 0.6) is 0 Å². The van der Waals surface area contributed by atoms with Crippen LogP contribution in [0.15, 0.2) is 0 Å². The third kappa shape index (κ3) is 3.25. The molecule has 1 fully saturated rings. The average molecular weight is 198 g/mol. The van der Waals surface area contributed by atoms with Gasteiger partial charge in [-0.15, -0.1) is 0 Å². The summed E-state index contributed by atoms with van der Waals surface area (Å²) in [7, 11) is 0. The maximum atomic E-state index is 3.71. The Morgan fingerprint density at radius 2 is 1.79 bits per heavy atom. The van der Waals surface area contributed by atoms with Crippen LogP contribution >= 0.6 is 0 Å². The van der Waals surface area contributed by atoms with Crippen molar-refractivity contribution in [2.45, 2.75) is 59.2 Å². The van der Waals surface area contributed by atoms with Crippen molar-refractivity contribution in [1.82, 2.24) is 10.2 Å². The fraction of sp³-hybridized carbons (Fsp3) is 1.00. The van der Waals surface area contributed by atoms with E-state index >= 15 is 0 Å². The molecule has 1 aliphatic rings. The van der Waals surface area contributed by atoms with Crippen molar-refractivity contribution in [2.75, 3.05) is 13.1 Å². The average Bonchev–Trinajstić information content (AvgIpc) is 2.29. The molecule has 84 valence electrons. The van der Waals surface area contributed by atoms with Crippen molar-refractivity contribution in [2.24, 2.45) is 5.92 Å². The number of nitrogens with zero attached hydrogens (tertiary/aromatic N) is 1. The molecule has 0 spiro atoms. The maximum Gasteiger partial charge on any atom is 0.0237 e. The van der Waals surface area contributed by atoms with E-state index in [0.29, 0.717) is 12.1 Å². The fourth-order valence-electron chi connectivity index (χ4n) is 2.17. The number of likely N-dealkylation sites (tertiary alicyclic amines) is 1. The molecule has 0 radical (unpaired) electrons. The van der Waals surface area contributed by atoms with E-state index in [4.69, 9.17) is 0 Å². The SMILES string of the molecule is CC(C)N1C[C@H](NC(C)(C)C)[C@@H](C)C1. The first-order valence-corrected chi connectivity index (χ1v) is 5.81. The van der Waals surface area contributed by atoms with E-state index in [1.54, 1.807) is 0 Å². The minimum Gasteiger partial charge on any atom is -0.308 e. The summed E-state index contributed by atoms with van der Waals surface area (Å²) in [5.74, 6) is 0.775. The molecule has 1 aliphatic heterocycles. The largest absolute Gasteiger partial charge is 0.308 e. The van der Waals surface area contributed by atoms with Gasteiger partial charge in [0.15, 0.2) is 0 Å². The third-order valence-electron chi connectivity index (χ3n) is 2.99. The summed E-state index contributed by atoms with van der Waals surface area (Å²) in [6, 6.07) is 1.35. The molecule has 2 nitrogen and oxygen atoms in total. The molecule has 1 rings (SSSR count). The summed E-state index contributed by atoms with van der Waals surface area (Å²) in [5.41, 5.74) is 0.242. The number of nitrogens with one attached hydrogen (secondary N) is 1. The standard InChI is InChI=1S/C12H26N2/c1-9(2)14-7-10(3)11(8-14)13-12(4,5)6/h9-11,13H,7-8H2,1-6H3/t10-,11-/m0/s1. The van der Waals surface area contributed by atoms with Crippen LogP contribution in [0.4, 0.5) is 0 Å². The van der Waals surface area contributed by atoms with Gasteiger partial charge in [0.05, 0.1) is 0 Å². The minimum absolute atomic E-state index is 0.242. The molecule has 0 saturated carbocycles. The van der Waals surface area contributed by atoms with E-state index in [1.165, 1.54) is 13.1 Å². The highest BCUT2D eigenvalue weighted by Gasteiger charge is 2.32. The number of hydrogen-bond acceptors (Lipinski definition) is 2. The van der Waals surface area contributed by atoms with E-state index in [-0.39, 0.29) is 5.54 Å². The van der Waals surface area contributed by atoms with Gasteiger partial charge in [-0.25, -0.2) is 0 Å². The van der Waals surface area contributed by atoms with Gasteiger partial charge in [-0.2, -0.15) is 0 Å². The molecule has 14 heavy (non-hydrogen) atoms. The topological polar surface area (TPSA) is 15.3 Å². The zero-order valence-electron chi connectivity index (χ0n) is 10.6. The van der Waals surface area contributed by atoms with Crippen LogP contribution in [0.1, 0.15) is 41.5 Å². The van der Waals surface area contributed by atoms with Crippen molar-refractivity contribution >= 4 is 0 Å². The summed E-state index contributed by atoms with van der Waals surface area (Å²) < 4.78 is 0. The smallest absolute Gasteiger partial charge is 0.0237 e. The van der Waals surface area contributed by atoms with Gasteiger partial charge in [0, 0.05) is 30.7 Å². The molecular weight excluding hydrogens is 172 g/mol. The Kier molecular flexibility index (Phi) is 3.59. The van der Waals surface area contributed by atoms with Gasteiger partial charge >= 0.3 is 0 Å². The molecular formula is C12H26N2. The van der Waals surface area contributed by atoms with Crippen LogP contribution in [0.3, 0.4) is 0 Å². The quantitative estimate of drug-likeness (QED) is 0.731. The molecule has 0 amide bonds. The molecule has 2 heteroatoms. The van der Waals surface area contributed by atoms with Crippen molar-refractivity contribution in [1.29, 1.82) is 0 Å². The van der Waals surface area contributed by atoms with E-state index < -0.39 is 0 Å². The second kappa shape index (κ2) is 4.19. The Balaban J connectivity index is 2.49. The monoisotopic (exact) mass is 198 g/mol. The molecule has 1 saturated heterocycles. The molecule has 1 N–H and O–H groups in total. The van der Waals surface area contributed by atoms with Crippen molar-refractivity contribution in [3.05, 3.63) is 0 Å². The van der Waals surface area contributed by atoms with Crippen molar-refractivity contribution in [3.8, 4) is 0 Å². The van der Waals surface area contributed by atoms with E-state index in [0.717, 1.165) is 5.92 Å². The molecule has 0 bridgehead atoms. The highest BCUT2D eigenvalue weighted by molar-refractivity contribution is 4.91.